The fourth-order valence-corrected chi connectivity index (χ4v) is 4.08. The predicted octanol–water partition coefficient (Wildman–Crippen LogP) is 2.28. The normalized spacial score (nSPS) is 25.2. The molecule has 1 aliphatic rings. The van der Waals surface area contributed by atoms with E-state index >= 15 is 0 Å². The molecular formula is C13H16O3S. The number of hydrogen-bond donors (Lipinski definition) is 0. The SMILES string of the molecule is Cc1ccc(S(=O)(=O)[C@]2(C)CCCC2=O)cc1. The van der Waals surface area contributed by atoms with E-state index < -0.39 is 14.6 Å². The first kappa shape index (κ1) is 12.3. The number of sulfone groups is 1. The first-order chi connectivity index (χ1) is 7.88. The van der Waals surface area contributed by atoms with E-state index in [1.54, 1.807) is 31.2 Å². The van der Waals surface area contributed by atoms with Crippen LogP contribution in [-0.2, 0) is 14.6 Å². The number of aryl methyl sites for hydroxylation is 1. The van der Waals surface area contributed by atoms with Gasteiger partial charge in [-0.25, -0.2) is 8.42 Å². The van der Waals surface area contributed by atoms with Crippen LogP contribution in [0.1, 0.15) is 31.7 Å². The van der Waals surface area contributed by atoms with E-state index in [-0.39, 0.29) is 10.7 Å². The van der Waals surface area contributed by atoms with Crippen molar-refractivity contribution >= 4 is 15.6 Å². The van der Waals surface area contributed by atoms with Crippen LogP contribution in [0, 0.1) is 6.92 Å². The lowest BCUT2D eigenvalue weighted by Crippen LogP contribution is -2.39. The lowest BCUT2D eigenvalue weighted by atomic mass is 10.1. The van der Waals surface area contributed by atoms with Crippen LogP contribution in [0.2, 0.25) is 0 Å². The molecule has 0 amide bonds. The molecule has 1 saturated carbocycles. The maximum Gasteiger partial charge on any atom is 0.190 e. The Hall–Kier alpha value is -1.16. The minimum atomic E-state index is -3.55. The molecule has 0 saturated heterocycles. The molecule has 0 unspecified atom stereocenters. The van der Waals surface area contributed by atoms with E-state index in [1.165, 1.54) is 0 Å². The summed E-state index contributed by atoms with van der Waals surface area (Å²) in [4.78, 5) is 12.1. The van der Waals surface area contributed by atoms with Gasteiger partial charge in [0.05, 0.1) is 4.90 Å². The molecule has 0 heterocycles. The largest absolute Gasteiger partial charge is 0.298 e. The second-order valence-electron chi connectivity index (χ2n) is 4.82. The molecule has 0 N–H and O–H groups in total. The molecule has 1 atom stereocenters. The smallest absolute Gasteiger partial charge is 0.190 e. The fourth-order valence-electron chi connectivity index (χ4n) is 2.25. The van der Waals surface area contributed by atoms with E-state index in [0.717, 1.165) is 5.56 Å². The van der Waals surface area contributed by atoms with Gasteiger partial charge in [-0.1, -0.05) is 17.7 Å². The highest BCUT2D eigenvalue weighted by atomic mass is 32.2. The number of benzene rings is 1. The molecule has 2 rings (SSSR count). The lowest BCUT2D eigenvalue weighted by molar-refractivity contribution is -0.119. The summed E-state index contributed by atoms with van der Waals surface area (Å²) < 4.78 is 23.7. The van der Waals surface area contributed by atoms with E-state index in [4.69, 9.17) is 0 Å². The van der Waals surface area contributed by atoms with Crippen molar-refractivity contribution in [1.29, 1.82) is 0 Å². The maximum atomic E-state index is 12.5. The molecule has 1 fully saturated rings. The van der Waals surface area contributed by atoms with Gasteiger partial charge < -0.3 is 0 Å². The molecule has 0 aromatic heterocycles. The molecule has 0 spiro atoms. The van der Waals surface area contributed by atoms with Crippen LogP contribution < -0.4 is 0 Å². The summed E-state index contributed by atoms with van der Waals surface area (Å²) in [5, 5.41) is 0. The molecule has 0 bridgehead atoms. The van der Waals surface area contributed by atoms with Crippen LogP contribution in [-0.4, -0.2) is 18.9 Å². The van der Waals surface area contributed by atoms with Crippen LogP contribution in [0.15, 0.2) is 29.2 Å². The molecule has 0 radical (unpaired) electrons. The molecule has 92 valence electrons. The van der Waals surface area contributed by atoms with Gasteiger partial charge in [-0.15, -0.1) is 0 Å². The molecule has 4 heteroatoms. The molecule has 1 aromatic rings. The van der Waals surface area contributed by atoms with E-state index in [9.17, 15) is 13.2 Å². The third kappa shape index (κ3) is 1.80. The summed E-state index contributed by atoms with van der Waals surface area (Å²) in [5.41, 5.74) is 1.01. The Morgan fingerprint density at radius 1 is 1.18 bits per heavy atom. The highest BCUT2D eigenvalue weighted by Gasteiger charge is 2.49. The second kappa shape index (κ2) is 3.95. The third-order valence-corrected chi connectivity index (χ3v) is 6.08. The van der Waals surface area contributed by atoms with Crippen molar-refractivity contribution < 1.29 is 13.2 Å². The molecule has 0 aliphatic heterocycles. The summed E-state index contributed by atoms with van der Waals surface area (Å²) in [6.07, 6.45) is 1.48. The second-order valence-corrected chi connectivity index (χ2v) is 7.20. The van der Waals surface area contributed by atoms with Gasteiger partial charge in [-0.3, -0.25) is 4.79 Å². The van der Waals surface area contributed by atoms with E-state index in [0.29, 0.717) is 19.3 Å². The zero-order valence-electron chi connectivity index (χ0n) is 10.1. The highest BCUT2D eigenvalue weighted by Crippen LogP contribution is 2.37. The summed E-state index contributed by atoms with van der Waals surface area (Å²) >= 11 is 0. The van der Waals surface area contributed by atoms with Crippen LogP contribution in [0.3, 0.4) is 0 Å². The number of carbonyl (C=O) groups excluding carboxylic acids is 1. The Balaban J connectivity index is 2.50. The Morgan fingerprint density at radius 3 is 2.24 bits per heavy atom. The topological polar surface area (TPSA) is 51.2 Å². The lowest BCUT2D eigenvalue weighted by Gasteiger charge is -2.22. The molecule has 3 nitrogen and oxygen atoms in total. The van der Waals surface area contributed by atoms with Gasteiger partial charge in [0.15, 0.2) is 15.6 Å². The summed E-state index contributed by atoms with van der Waals surface area (Å²) in [5.74, 6) is -0.155. The summed E-state index contributed by atoms with van der Waals surface area (Å²) in [6, 6.07) is 6.69. The van der Waals surface area contributed by atoms with Crippen molar-refractivity contribution in [3.63, 3.8) is 0 Å². The first-order valence-corrected chi connectivity index (χ1v) is 7.21. The van der Waals surface area contributed by atoms with Gasteiger partial charge in [0.25, 0.3) is 0 Å². The average Bonchev–Trinajstić information content (AvgIpc) is 2.61. The zero-order valence-corrected chi connectivity index (χ0v) is 10.9. The highest BCUT2D eigenvalue weighted by molar-refractivity contribution is 7.93. The minimum absolute atomic E-state index is 0.155. The van der Waals surface area contributed by atoms with Gasteiger partial charge in [0, 0.05) is 6.42 Å². The fraction of sp³-hybridized carbons (Fsp3) is 0.462. The Kier molecular flexibility index (Phi) is 2.86. The third-order valence-electron chi connectivity index (χ3n) is 3.57. The molecular weight excluding hydrogens is 236 g/mol. The van der Waals surface area contributed by atoms with Gasteiger partial charge >= 0.3 is 0 Å². The van der Waals surface area contributed by atoms with Gasteiger partial charge in [-0.05, 0) is 38.8 Å². The average molecular weight is 252 g/mol. The number of hydrogen-bond acceptors (Lipinski definition) is 3. The van der Waals surface area contributed by atoms with Crippen LogP contribution in [0.25, 0.3) is 0 Å². The quantitative estimate of drug-likeness (QED) is 0.811. The van der Waals surface area contributed by atoms with Crippen molar-refractivity contribution in [3.8, 4) is 0 Å². The van der Waals surface area contributed by atoms with Crippen molar-refractivity contribution in [2.45, 2.75) is 42.8 Å². The number of ketones is 1. The predicted molar refractivity (Wildman–Crippen MR) is 65.6 cm³/mol. The van der Waals surface area contributed by atoms with Crippen molar-refractivity contribution in [2.24, 2.45) is 0 Å². The van der Waals surface area contributed by atoms with Gasteiger partial charge in [0.1, 0.15) is 4.75 Å². The Morgan fingerprint density at radius 2 is 1.76 bits per heavy atom. The van der Waals surface area contributed by atoms with E-state index in [2.05, 4.69) is 0 Å². The maximum absolute atomic E-state index is 12.5. The van der Waals surface area contributed by atoms with Crippen LogP contribution >= 0.6 is 0 Å². The molecule has 1 aromatic carbocycles. The molecule has 17 heavy (non-hydrogen) atoms. The minimum Gasteiger partial charge on any atom is -0.298 e. The van der Waals surface area contributed by atoms with Gasteiger partial charge in [-0.2, -0.15) is 0 Å². The van der Waals surface area contributed by atoms with Crippen LogP contribution in [0.5, 0.6) is 0 Å². The Bertz CT molecular complexity index is 543. The van der Waals surface area contributed by atoms with Crippen LogP contribution in [0.4, 0.5) is 0 Å². The zero-order chi connectivity index (χ0) is 12.7. The molecule has 1 aliphatic carbocycles. The monoisotopic (exact) mass is 252 g/mol. The summed E-state index contributed by atoms with van der Waals surface area (Å²) in [6.45, 7) is 3.45. The van der Waals surface area contributed by atoms with Crippen molar-refractivity contribution in [2.75, 3.05) is 0 Å². The standard InChI is InChI=1S/C13H16O3S/c1-10-5-7-11(8-6-10)17(15,16)13(2)9-3-4-12(13)14/h5-8H,3-4,9H2,1-2H3/t13-/m1/s1. The van der Waals surface area contributed by atoms with Crippen molar-refractivity contribution in [3.05, 3.63) is 29.8 Å². The van der Waals surface area contributed by atoms with Gasteiger partial charge in [0.2, 0.25) is 0 Å². The first-order valence-electron chi connectivity index (χ1n) is 5.72. The Labute approximate surface area is 102 Å². The van der Waals surface area contributed by atoms with Crippen molar-refractivity contribution in [1.82, 2.24) is 0 Å². The summed E-state index contributed by atoms with van der Waals surface area (Å²) in [7, 11) is -3.55. The number of Topliss-reactive ketones (excluding diaryl/α,β-unsaturated/α-hetero) is 1. The number of rotatable bonds is 2. The van der Waals surface area contributed by atoms with E-state index in [1.807, 2.05) is 6.92 Å². The number of carbonyl (C=O) groups is 1.